The van der Waals surface area contributed by atoms with Gasteiger partial charge in [-0.1, -0.05) is 18.6 Å². The van der Waals surface area contributed by atoms with Crippen molar-refractivity contribution >= 4 is 0 Å². The predicted molar refractivity (Wildman–Crippen MR) is 84.6 cm³/mol. The highest BCUT2D eigenvalue weighted by atomic mass is 19.4. The first-order valence-electron chi connectivity index (χ1n) is 8.18. The van der Waals surface area contributed by atoms with E-state index in [1.165, 1.54) is 44.5 Å². The normalized spacial score (nSPS) is 16.7. The number of likely N-dealkylation sites (tertiary alicyclic amines) is 1. The highest BCUT2D eigenvalue weighted by Gasteiger charge is 2.31. The van der Waals surface area contributed by atoms with Crippen molar-refractivity contribution in [2.24, 2.45) is 0 Å². The SMILES string of the molecule is CN(CCc1cccc(OC(F)(F)F)c1)CCN1CCCCC1. The van der Waals surface area contributed by atoms with Crippen LogP contribution in [-0.4, -0.2) is 55.9 Å². The number of hydrogen-bond acceptors (Lipinski definition) is 3. The van der Waals surface area contributed by atoms with Gasteiger partial charge < -0.3 is 14.5 Å². The number of ether oxygens (including phenoxy) is 1. The van der Waals surface area contributed by atoms with Crippen molar-refractivity contribution in [3.8, 4) is 5.75 Å². The van der Waals surface area contributed by atoms with Crippen LogP contribution < -0.4 is 4.74 Å². The minimum absolute atomic E-state index is 0.147. The topological polar surface area (TPSA) is 15.7 Å². The van der Waals surface area contributed by atoms with E-state index in [1.807, 2.05) is 6.07 Å². The summed E-state index contributed by atoms with van der Waals surface area (Å²) in [5.41, 5.74) is 0.858. The first kappa shape index (κ1) is 18.1. The Kier molecular flexibility index (Phi) is 6.72. The van der Waals surface area contributed by atoms with Crippen LogP contribution in [0.1, 0.15) is 24.8 Å². The fourth-order valence-electron chi connectivity index (χ4n) is 2.83. The van der Waals surface area contributed by atoms with Crippen LogP contribution in [0.25, 0.3) is 0 Å². The Bertz CT molecular complexity index is 473. The van der Waals surface area contributed by atoms with E-state index in [-0.39, 0.29) is 5.75 Å². The predicted octanol–water partition coefficient (Wildman–Crippen LogP) is 3.55. The van der Waals surface area contributed by atoms with Gasteiger partial charge in [-0.05, 0) is 57.1 Å². The highest BCUT2D eigenvalue weighted by Crippen LogP contribution is 2.23. The number of piperidine rings is 1. The summed E-state index contributed by atoms with van der Waals surface area (Å²) < 4.78 is 40.6. The minimum Gasteiger partial charge on any atom is -0.406 e. The summed E-state index contributed by atoms with van der Waals surface area (Å²) in [6, 6.07) is 6.23. The third-order valence-electron chi connectivity index (χ3n) is 4.16. The van der Waals surface area contributed by atoms with Crippen molar-refractivity contribution < 1.29 is 17.9 Å². The monoisotopic (exact) mass is 330 g/mol. The zero-order valence-electron chi connectivity index (χ0n) is 13.6. The summed E-state index contributed by atoms with van der Waals surface area (Å²) in [5.74, 6) is -0.147. The summed E-state index contributed by atoms with van der Waals surface area (Å²) in [4.78, 5) is 4.71. The van der Waals surface area contributed by atoms with Gasteiger partial charge in [0.25, 0.3) is 0 Å². The molecule has 1 saturated heterocycles. The molecule has 0 aromatic heterocycles. The molecule has 6 heteroatoms. The summed E-state index contributed by atoms with van der Waals surface area (Å²) >= 11 is 0. The zero-order chi connectivity index (χ0) is 16.7. The Labute approximate surface area is 136 Å². The molecule has 1 fully saturated rings. The second-order valence-corrected chi connectivity index (χ2v) is 6.15. The molecule has 1 aromatic carbocycles. The molecule has 0 saturated carbocycles. The first-order chi connectivity index (χ1) is 10.9. The average Bonchev–Trinajstić information content (AvgIpc) is 2.51. The Morgan fingerprint density at radius 3 is 2.57 bits per heavy atom. The molecule has 0 atom stereocenters. The van der Waals surface area contributed by atoms with Gasteiger partial charge in [0.05, 0.1) is 0 Å². The lowest BCUT2D eigenvalue weighted by atomic mass is 10.1. The fraction of sp³-hybridized carbons (Fsp3) is 0.647. The van der Waals surface area contributed by atoms with Gasteiger partial charge in [0.2, 0.25) is 0 Å². The van der Waals surface area contributed by atoms with Gasteiger partial charge in [0, 0.05) is 19.6 Å². The molecular formula is C17H25F3N2O. The molecule has 0 N–H and O–H groups in total. The van der Waals surface area contributed by atoms with E-state index in [0.29, 0.717) is 6.42 Å². The maximum absolute atomic E-state index is 12.2. The van der Waals surface area contributed by atoms with E-state index in [4.69, 9.17) is 0 Å². The number of hydrogen-bond donors (Lipinski definition) is 0. The quantitative estimate of drug-likeness (QED) is 0.760. The van der Waals surface area contributed by atoms with Gasteiger partial charge in [0.1, 0.15) is 5.75 Å². The van der Waals surface area contributed by atoms with E-state index in [1.54, 1.807) is 6.07 Å². The van der Waals surface area contributed by atoms with Crippen molar-refractivity contribution in [3.05, 3.63) is 29.8 Å². The highest BCUT2D eigenvalue weighted by molar-refractivity contribution is 5.28. The summed E-state index contributed by atoms with van der Waals surface area (Å²) in [7, 11) is 2.06. The van der Waals surface area contributed by atoms with Crippen LogP contribution in [0.2, 0.25) is 0 Å². The minimum atomic E-state index is -4.64. The number of alkyl halides is 3. The van der Waals surface area contributed by atoms with Gasteiger partial charge in [0.15, 0.2) is 0 Å². The summed E-state index contributed by atoms with van der Waals surface area (Å²) in [6.07, 6.45) is -0.0104. The maximum atomic E-state index is 12.2. The average molecular weight is 330 g/mol. The van der Waals surface area contributed by atoms with Gasteiger partial charge in [-0.2, -0.15) is 0 Å². The number of benzene rings is 1. The largest absolute Gasteiger partial charge is 0.573 e. The molecule has 1 aliphatic heterocycles. The third kappa shape index (κ3) is 7.22. The molecule has 0 unspecified atom stereocenters. The van der Waals surface area contributed by atoms with Crippen molar-refractivity contribution in [1.82, 2.24) is 9.80 Å². The molecule has 0 aliphatic carbocycles. The summed E-state index contributed by atoms with van der Waals surface area (Å²) in [5, 5.41) is 0. The van der Waals surface area contributed by atoms with Gasteiger partial charge >= 0.3 is 6.36 Å². The van der Waals surface area contributed by atoms with Crippen LogP contribution in [0.5, 0.6) is 5.75 Å². The Hall–Kier alpha value is -1.27. The number of rotatable bonds is 7. The summed E-state index contributed by atoms with van der Waals surface area (Å²) in [6.45, 7) is 5.24. The van der Waals surface area contributed by atoms with Crippen LogP contribution in [-0.2, 0) is 6.42 Å². The standard InChI is InChI=1S/C17H25F3N2O/c1-21(12-13-22-9-3-2-4-10-22)11-8-15-6-5-7-16(14-15)23-17(18,19)20/h5-7,14H,2-4,8-13H2,1H3. The van der Waals surface area contributed by atoms with Gasteiger partial charge in [-0.25, -0.2) is 0 Å². The molecule has 0 bridgehead atoms. The second kappa shape index (κ2) is 8.55. The molecule has 1 aliphatic rings. The van der Waals surface area contributed by atoms with E-state index in [0.717, 1.165) is 25.2 Å². The van der Waals surface area contributed by atoms with E-state index in [2.05, 4.69) is 21.6 Å². The molecule has 130 valence electrons. The Morgan fingerprint density at radius 1 is 1.13 bits per heavy atom. The van der Waals surface area contributed by atoms with E-state index in [9.17, 15) is 13.2 Å². The lowest BCUT2D eigenvalue weighted by Gasteiger charge is -2.28. The van der Waals surface area contributed by atoms with Crippen LogP contribution in [0.15, 0.2) is 24.3 Å². The zero-order valence-corrected chi connectivity index (χ0v) is 13.6. The molecule has 0 amide bonds. The molecule has 23 heavy (non-hydrogen) atoms. The second-order valence-electron chi connectivity index (χ2n) is 6.15. The lowest BCUT2D eigenvalue weighted by Crippen LogP contribution is -2.37. The van der Waals surface area contributed by atoms with Crippen LogP contribution >= 0.6 is 0 Å². The molecule has 2 rings (SSSR count). The Balaban J connectivity index is 1.73. The van der Waals surface area contributed by atoms with Crippen molar-refractivity contribution in [3.63, 3.8) is 0 Å². The lowest BCUT2D eigenvalue weighted by molar-refractivity contribution is -0.274. The van der Waals surface area contributed by atoms with Crippen LogP contribution in [0.3, 0.4) is 0 Å². The molecular weight excluding hydrogens is 305 g/mol. The van der Waals surface area contributed by atoms with Gasteiger partial charge in [-0.15, -0.1) is 13.2 Å². The Morgan fingerprint density at radius 2 is 1.87 bits per heavy atom. The molecule has 1 aromatic rings. The van der Waals surface area contributed by atoms with E-state index >= 15 is 0 Å². The number of halogens is 3. The first-order valence-corrected chi connectivity index (χ1v) is 8.18. The third-order valence-corrected chi connectivity index (χ3v) is 4.16. The fourth-order valence-corrected chi connectivity index (χ4v) is 2.83. The van der Waals surface area contributed by atoms with Crippen LogP contribution in [0, 0.1) is 0 Å². The van der Waals surface area contributed by atoms with Crippen LogP contribution in [0.4, 0.5) is 13.2 Å². The smallest absolute Gasteiger partial charge is 0.406 e. The molecule has 3 nitrogen and oxygen atoms in total. The molecule has 1 heterocycles. The van der Waals surface area contributed by atoms with Crippen molar-refractivity contribution in [2.75, 3.05) is 39.8 Å². The van der Waals surface area contributed by atoms with E-state index < -0.39 is 6.36 Å². The van der Waals surface area contributed by atoms with Crippen molar-refractivity contribution in [2.45, 2.75) is 32.0 Å². The number of likely N-dealkylation sites (N-methyl/N-ethyl adjacent to an activating group) is 1. The number of nitrogens with zero attached hydrogens (tertiary/aromatic N) is 2. The molecule has 0 radical (unpaired) electrons. The molecule has 0 spiro atoms. The maximum Gasteiger partial charge on any atom is 0.573 e. The van der Waals surface area contributed by atoms with Crippen molar-refractivity contribution in [1.29, 1.82) is 0 Å². The van der Waals surface area contributed by atoms with Gasteiger partial charge in [-0.3, -0.25) is 0 Å².